The van der Waals surface area contributed by atoms with E-state index in [4.69, 9.17) is 0 Å². The monoisotopic (exact) mass is 366 g/mol. The normalized spacial score (nSPS) is 21.3. The van der Waals surface area contributed by atoms with Crippen LogP contribution < -0.4 is 5.32 Å². The molecule has 4 nitrogen and oxygen atoms in total. The van der Waals surface area contributed by atoms with Crippen LogP contribution in [0, 0.1) is 5.82 Å². The molecule has 2 fully saturated rings. The lowest BCUT2D eigenvalue weighted by atomic mass is 9.82. The molecule has 2 aromatic rings. The molecule has 0 aromatic heterocycles. The quantitative estimate of drug-likeness (QED) is 0.908. The summed E-state index contributed by atoms with van der Waals surface area (Å²) in [6.07, 6.45) is 2.33. The lowest BCUT2D eigenvalue weighted by molar-refractivity contribution is -0.132. The van der Waals surface area contributed by atoms with Crippen molar-refractivity contribution < 1.29 is 14.0 Å². The Balaban J connectivity index is 1.38. The van der Waals surface area contributed by atoms with Crippen LogP contribution in [0.4, 0.5) is 4.39 Å². The van der Waals surface area contributed by atoms with E-state index in [1.54, 1.807) is 23.1 Å². The molecule has 4 rings (SSSR count). The summed E-state index contributed by atoms with van der Waals surface area (Å²) in [5, 5.41) is 3.20. The Kier molecular flexibility index (Phi) is 4.68. The molecule has 1 spiro atoms. The molecule has 2 aliphatic rings. The summed E-state index contributed by atoms with van der Waals surface area (Å²) in [5.74, 6) is -0.439. The molecule has 140 valence electrons. The number of hydrogen-bond acceptors (Lipinski definition) is 2. The highest BCUT2D eigenvalue weighted by atomic mass is 19.1. The van der Waals surface area contributed by atoms with Crippen molar-refractivity contribution in [2.75, 3.05) is 13.1 Å². The molecule has 2 heterocycles. The molecule has 1 unspecified atom stereocenters. The molecule has 5 heteroatoms. The fourth-order valence-corrected chi connectivity index (χ4v) is 4.27. The van der Waals surface area contributed by atoms with Gasteiger partial charge >= 0.3 is 0 Å². The predicted octanol–water partition coefficient (Wildman–Crippen LogP) is 3.03. The number of carbonyl (C=O) groups excluding carboxylic acids is 2. The Hall–Kier alpha value is -2.69. The summed E-state index contributed by atoms with van der Waals surface area (Å²) < 4.78 is 13.8. The number of nitrogens with zero attached hydrogens (tertiary/aromatic N) is 1. The Morgan fingerprint density at radius 3 is 2.44 bits per heavy atom. The number of hydrogen-bond donors (Lipinski definition) is 1. The first kappa shape index (κ1) is 17.7. The van der Waals surface area contributed by atoms with Crippen molar-refractivity contribution >= 4 is 11.8 Å². The van der Waals surface area contributed by atoms with Gasteiger partial charge in [-0.2, -0.15) is 0 Å². The largest absolute Gasteiger partial charge is 0.350 e. The number of carbonyl (C=O) groups is 2. The molecule has 0 saturated carbocycles. The zero-order valence-electron chi connectivity index (χ0n) is 15.2. The number of halogens is 1. The van der Waals surface area contributed by atoms with Gasteiger partial charge in [0, 0.05) is 18.6 Å². The van der Waals surface area contributed by atoms with Crippen molar-refractivity contribution in [1.29, 1.82) is 0 Å². The average Bonchev–Trinajstić information content (AvgIpc) is 3.00. The maximum Gasteiger partial charge on any atom is 0.228 e. The Labute approximate surface area is 158 Å². The van der Waals surface area contributed by atoms with E-state index in [0.29, 0.717) is 18.7 Å². The minimum Gasteiger partial charge on any atom is -0.350 e. The first-order valence-corrected chi connectivity index (χ1v) is 9.44. The topological polar surface area (TPSA) is 49.4 Å². The van der Waals surface area contributed by atoms with E-state index in [9.17, 15) is 14.0 Å². The molecular weight excluding hydrogens is 343 g/mol. The van der Waals surface area contributed by atoms with Gasteiger partial charge in [0.2, 0.25) is 11.8 Å². The highest BCUT2D eigenvalue weighted by Gasteiger charge is 2.46. The second-order valence-corrected chi connectivity index (χ2v) is 7.59. The van der Waals surface area contributed by atoms with Crippen LogP contribution in [-0.2, 0) is 16.0 Å². The van der Waals surface area contributed by atoms with E-state index in [0.717, 1.165) is 24.8 Å². The lowest BCUT2D eigenvalue weighted by Crippen LogP contribution is -2.52. The number of amides is 2. The van der Waals surface area contributed by atoms with Gasteiger partial charge < -0.3 is 10.2 Å². The van der Waals surface area contributed by atoms with Gasteiger partial charge in [-0.05, 0) is 36.5 Å². The zero-order valence-corrected chi connectivity index (χ0v) is 15.2. The number of nitrogens with one attached hydrogen (secondary N) is 1. The summed E-state index contributed by atoms with van der Waals surface area (Å²) in [7, 11) is 0. The first-order chi connectivity index (χ1) is 13.1. The van der Waals surface area contributed by atoms with Gasteiger partial charge in [-0.25, -0.2) is 4.39 Å². The maximum absolute atomic E-state index is 13.8. The van der Waals surface area contributed by atoms with E-state index >= 15 is 0 Å². The van der Waals surface area contributed by atoms with E-state index in [1.807, 2.05) is 30.3 Å². The standard InChI is InChI=1S/C22H23FN2O2/c23-19-9-5-4-8-17(19)14-20(26)25-12-10-22(11-13-25)15-18(21(27)24-22)16-6-2-1-3-7-16/h1-9,18H,10-15H2,(H,24,27). The SMILES string of the molecule is O=C1NC2(CCN(C(=O)Cc3ccccc3F)CC2)CC1c1ccccc1. The van der Waals surface area contributed by atoms with Crippen LogP contribution in [0.15, 0.2) is 54.6 Å². The third kappa shape index (κ3) is 3.59. The van der Waals surface area contributed by atoms with Crippen molar-refractivity contribution in [2.24, 2.45) is 0 Å². The van der Waals surface area contributed by atoms with Crippen LogP contribution in [0.1, 0.15) is 36.3 Å². The molecule has 2 aliphatic heterocycles. The summed E-state index contributed by atoms with van der Waals surface area (Å²) in [4.78, 5) is 26.8. The van der Waals surface area contributed by atoms with E-state index < -0.39 is 0 Å². The van der Waals surface area contributed by atoms with Crippen LogP contribution in [0.3, 0.4) is 0 Å². The zero-order chi connectivity index (χ0) is 18.9. The van der Waals surface area contributed by atoms with Gasteiger partial charge in [-0.15, -0.1) is 0 Å². The molecule has 2 saturated heterocycles. The number of likely N-dealkylation sites (tertiary alicyclic amines) is 1. The van der Waals surface area contributed by atoms with Crippen LogP contribution >= 0.6 is 0 Å². The van der Waals surface area contributed by atoms with Crippen LogP contribution in [0.25, 0.3) is 0 Å². The summed E-state index contributed by atoms with van der Waals surface area (Å²) in [5.41, 5.74) is 1.25. The van der Waals surface area contributed by atoms with Gasteiger partial charge in [0.05, 0.1) is 12.3 Å². The van der Waals surface area contributed by atoms with Gasteiger partial charge in [0.15, 0.2) is 0 Å². The Morgan fingerprint density at radius 1 is 1.07 bits per heavy atom. The van der Waals surface area contributed by atoms with Crippen LogP contribution in [0.5, 0.6) is 0 Å². The van der Waals surface area contributed by atoms with Gasteiger partial charge in [-0.3, -0.25) is 9.59 Å². The van der Waals surface area contributed by atoms with E-state index in [2.05, 4.69) is 5.32 Å². The van der Waals surface area contributed by atoms with Crippen LogP contribution in [0.2, 0.25) is 0 Å². The van der Waals surface area contributed by atoms with Gasteiger partial charge in [0.25, 0.3) is 0 Å². The fraction of sp³-hybridized carbons (Fsp3) is 0.364. The smallest absolute Gasteiger partial charge is 0.228 e. The fourth-order valence-electron chi connectivity index (χ4n) is 4.27. The molecule has 27 heavy (non-hydrogen) atoms. The van der Waals surface area contributed by atoms with Crippen LogP contribution in [-0.4, -0.2) is 35.3 Å². The number of rotatable bonds is 3. The van der Waals surface area contributed by atoms with Gasteiger partial charge in [0.1, 0.15) is 5.82 Å². The predicted molar refractivity (Wildman–Crippen MR) is 101 cm³/mol. The highest BCUT2D eigenvalue weighted by molar-refractivity contribution is 5.87. The highest BCUT2D eigenvalue weighted by Crippen LogP contribution is 2.39. The summed E-state index contributed by atoms with van der Waals surface area (Å²) in [6.45, 7) is 1.18. The first-order valence-electron chi connectivity index (χ1n) is 9.44. The minimum atomic E-state index is -0.340. The molecule has 1 N–H and O–H groups in total. The summed E-state index contributed by atoms with van der Waals surface area (Å²) in [6, 6.07) is 16.3. The number of benzene rings is 2. The van der Waals surface area contributed by atoms with Gasteiger partial charge in [-0.1, -0.05) is 48.5 Å². The molecule has 1 atom stereocenters. The average molecular weight is 366 g/mol. The molecule has 0 radical (unpaired) electrons. The summed E-state index contributed by atoms with van der Waals surface area (Å²) >= 11 is 0. The van der Waals surface area contributed by atoms with Crippen molar-refractivity contribution in [3.8, 4) is 0 Å². The second kappa shape index (κ2) is 7.14. The lowest BCUT2D eigenvalue weighted by Gasteiger charge is -2.39. The molecular formula is C22H23FN2O2. The van der Waals surface area contributed by atoms with Crippen molar-refractivity contribution in [3.05, 3.63) is 71.5 Å². The third-order valence-electron chi connectivity index (χ3n) is 5.87. The number of piperidine rings is 1. The third-order valence-corrected chi connectivity index (χ3v) is 5.87. The Morgan fingerprint density at radius 2 is 1.74 bits per heavy atom. The minimum absolute atomic E-state index is 0.0566. The van der Waals surface area contributed by atoms with E-state index in [-0.39, 0.29) is 35.5 Å². The Bertz CT molecular complexity index is 844. The van der Waals surface area contributed by atoms with Crippen molar-refractivity contribution in [2.45, 2.75) is 37.1 Å². The maximum atomic E-state index is 13.8. The molecule has 0 bridgehead atoms. The second-order valence-electron chi connectivity index (χ2n) is 7.59. The molecule has 0 aliphatic carbocycles. The molecule has 2 amide bonds. The van der Waals surface area contributed by atoms with Crippen molar-refractivity contribution in [1.82, 2.24) is 10.2 Å². The van der Waals surface area contributed by atoms with E-state index in [1.165, 1.54) is 6.07 Å². The molecule has 2 aromatic carbocycles. The van der Waals surface area contributed by atoms with Crippen molar-refractivity contribution in [3.63, 3.8) is 0 Å².